The van der Waals surface area contributed by atoms with Crippen molar-refractivity contribution in [3.63, 3.8) is 0 Å². The number of hydrogen-bond acceptors (Lipinski definition) is 2. The molecule has 148 valence electrons. The zero-order valence-corrected chi connectivity index (χ0v) is 18.1. The van der Waals surface area contributed by atoms with Crippen LogP contribution in [0.1, 0.15) is 5.56 Å². The van der Waals surface area contributed by atoms with Gasteiger partial charge in [-0.15, -0.1) is 0 Å². The summed E-state index contributed by atoms with van der Waals surface area (Å²) in [5.41, 5.74) is 3.61. The first-order chi connectivity index (χ1) is 15.2. The van der Waals surface area contributed by atoms with Crippen molar-refractivity contribution >= 4 is 34.1 Å². The first kappa shape index (κ1) is 19.3. The van der Waals surface area contributed by atoms with E-state index in [1.165, 1.54) is 15.9 Å². The van der Waals surface area contributed by atoms with Gasteiger partial charge in [-0.25, -0.2) is 0 Å². The van der Waals surface area contributed by atoms with Gasteiger partial charge < -0.3 is 4.42 Å². The Balaban J connectivity index is 1.81. The smallest absolute Gasteiger partial charge is 0.134 e. The molecule has 0 bridgehead atoms. The molecule has 0 atom stereocenters. The first-order valence-corrected chi connectivity index (χ1v) is 12.4. The van der Waals surface area contributed by atoms with Crippen LogP contribution in [0.2, 0.25) is 0 Å². The average molecular weight is 418 g/mol. The Kier molecular flexibility index (Phi) is 4.91. The minimum absolute atomic E-state index is 0.635. The molecular weight excluding hydrogens is 397 g/mol. The minimum Gasteiger partial charge on any atom is -0.464 e. The third-order valence-corrected chi connectivity index (χ3v) is 9.94. The molecule has 0 aliphatic heterocycles. The van der Waals surface area contributed by atoms with Crippen molar-refractivity contribution < 1.29 is 4.42 Å². The quantitative estimate of drug-likeness (QED) is 0.341. The summed E-state index contributed by atoms with van der Waals surface area (Å²) in [5.74, 6) is 0. The monoisotopic (exact) mass is 418 g/mol. The summed E-state index contributed by atoms with van der Waals surface area (Å²) in [6, 6.07) is 38.0. The Labute approximate surface area is 182 Å². The SMILES string of the molecule is C[P+](c1ccccc1)(c1ccccc1)c1ccccc1-c1coc2ccc(C#N)cc12. The lowest BCUT2D eigenvalue weighted by Crippen LogP contribution is -2.31. The van der Waals surface area contributed by atoms with E-state index in [2.05, 4.69) is 97.7 Å². The Morgan fingerprint density at radius 2 is 1.32 bits per heavy atom. The van der Waals surface area contributed by atoms with Gasteiger partial charge in [-0.2, -0.15) is 5.26 Å². The van der Waals surface area contributed by atoms with Gasteiger partial charge in [0.05, 0.1) is 24.6 Å². The number of benzene rings is 4. The van der Waals surface area contributed by atoms with Crippen LogP contribution in [0, 0.1) is 11.3 Å². The summed E-state index contributed by atoms with van der Waals surface area (Å²) >= 11 is 0. The lowest BCUT2D eigenvalue weighted by atomic mass is 10.0. The van der Waals surface area contributed by atoms with Gasteiger partial charge >= 0.3 is 0 Å². The van der Waals surface area contributed by atoms with Crippen LogP contribution < -0.4 is 15.9 Å². The van der Waals surface area contributed by atoms with E-state index in [1.54, 1.807) is 6.07 Å². The van der Waals surface area contributed by atoms with Crippen LogP contribution in [0.5, 0.6) is 0 Å². The van der Waals surface area contributed by atoms with Crippen molar-refractivity contribution in [2.45, 2.75) is 0 Å². The molecule has 0 N–H and O–H groups in total. The summed E-state index contributed by atoms with van der Waals surface area (Å²) in [5, 5.41) is 14.3. The fourth-order valence-electron chi connectivity index (χ4n) is 4.28. The molecule has 0 saturated heterocycles. The molecule has 5 rings (SSSR count). The largest absolute Gasteiger partial charge is 0.464 e. The molecule has 4 aromatic carbocycles. The number of nitrogens with zero attached hydrogens (tertiary/aromatic N) is 1. The van der Waals surface area contributed by atoms with Gasteiger partial charge in [0.1, 0.15) is 28.8 Å². The zero-order valence-electron chi connectivity index (χ0n) is 17.2. The van der Waals surface area contributed by atoms with Gasteiger partial charge in [-0.3, -0.25) is 0 Å². The summed E-state index contributed by atoms with van der Waals surface area (Å²) in [4.78, 5) is 0. The number of rotatable bonds is 4. The van der Waals surface area contributed by atoms with E-state index in [-0.39, 0.29) is 0 Å². The number of hydrogen-bond donors (Lipinski definition) is 0. The number of furan rings is 1. The predicted octanol–water partition coefficient (Wildman–Crippen LogP) is 5.90. The molecule has 0 aliphatic carbocycles. The number of fused-ring (bicyclic) bond motifs is 1. The molecule has 1 aromatic heterocycles. The molecule has 0 amide bonds. The molecular formula is C28H21NOP+. The van der Waals surface area contributed by atoms with E-state index in [0.717, 1.165) is 22.1 Å². The molecule has 3 heteroatoms. The topological polar surface area (TPSA) is 36.9 Å². The summed E-state index contributed by atoms with van der Waals surface area (Å²) in [6.45, 7) is 2.39. The molecule has 2 nitrogen and oxygen atoms in total. The van der Waals surface area contributed by atoms with E-state index >= 15 is 0 Å². The van der Waals surface area contributed by atoms with Gasteiger partial charge in [-0.1, -0.05) is 54.6 Å². The molecule has 0 radical (unpaired) electrons. The second-order valence-corrected chi connectivity index (χ2v) is 11.2. The third kappa shape index (κ3) is 3.25. The summed E-state index contributed by atoms with van der Waals surface area (Å²) in [6.07, 6.45) is 1.82. The highest BCUT2D eigenvalue weighted by molar-refractivity contribution is 7.95. The summed E-state index contributed by atoms with van der Waals surface area (Å²) < 4.78 is 5.88. The highest BCUT2D eigenvalue weighted by Crippen LogP contribution is 2.53. The normalized spacial score (nSPS) is 11.4. The Morgan fingerprint density at radius 1 is 0.710 bits per heavy atom. The lowest BCUT2D eigenvalue weighted by molar-refractivity contribution is 0.617. The Bertz CT molecular complexity index is 1360. The van der Waals surface area contributed by atoms with Gasteiger partial charge in [-0.05, 0) is 48.5 Å². The van der Waals surface area contributed by atoms with Gasteiger partial charge in [0.25, 0.3) is 0 Å². The zero-order chi connectivity index (χ0) is 21.3. The molecule has 0 spiro atoms. The fourth-order valence-corrected chi connectivity index (χ4v) is 7.73. The van der Waals surface area contributed by atoms with Crippen molar-refractivity contribution in [3.8, 4) is 17.2 Å². The van der Waals surface area contributed by atoms with Crippen LogP contribution >= 0.6 is 7.26 Å². The maximum Gasteiger partial charge on any atom is 0.134 e. The van der Waals surface area contributed by atoms with Crippen LogP contribution in [0.4, 0.5) is 0 Å². The molecule has 0 saturated carbocycles. The van der Waals surface area contributed by atoms with Crippen molar-refractivity contribution in [2.75, 3.05) is 6.66 Å². The van der Waals surface area contributed by atoms with E-state index in [1.807, 2.05) is 18.4 Å². The van der Waals surface area contributed by atoms with Crippen LogP contribution in [0.15, 0.2) is 114 Å². The number of nitriles is 1. The highest BCUT2D eigenvalue weighted by atomic mass is 31.2. The van der Waals surface area contributed by atoms with E-state index < -0.39 is 7.26 Å². The second-order valence-electron chi connectivity index (χ2n) is 7.67. The maximum atomic E-state index is 9.40. The third-order valence-electron chi connectivity index (χ3n) is 5.92. The van der Waals surface area contributed by atoms with E-state index in [4.69, 9.17) is 4.42 Å². The average Bonchev–Trinajstić information content (AvgIpc) is 3.27. The van der Waals surface area contributed by atoms with E-state index in [9.17, 15) is 5.26 Å². The maximum absolute atomic E-state index is 9.40. The molecule has 1 heterocycles. The molecule has 0 aliphatic rings. The second kappa shape index (κ2) is 7.88. The highest BCUT2D eigenvalue weighted by Gasteiger charge is 2.42. The first-order valence-electron chi connectivity index (χ1n) is 10.2. The van der Waals surface area contributed by atoms with Crippen molar-refractivity contribution in [2.24, 2.45) is 0 Å². The van der Waals surface area contributed by atoms with Crippen molar-refractivity contribution in [1.29, 1.82) is 5.26 Å². The van der Waals surface area contributed by atoms with Crippen molar-refractivity contribution in [3.05, 3.63) is 115 Å². The Hall–Kier alpha value is -3.66. The van der Waals surface area contributed by atoms with Gasteiger partial charge in [0, 0.05) is 16.5 Å². The molecule has 5 aromatic rings. The molecule has 31 heavy (non-hydrogen) atoms. The fraction of sp³-hybridized carbons (Fsp3) is 0.0357. The lowest BCUT2D eigenvalue weighted by Gasteiger charge is -2.25. The van der Waals surface area contributed by atoms with Crippen LogP contribution in [0.25, 0.3) is 22.1 Å². The standard InChI is InChI=1S/C28H21NOP/c1-31(22-10-4-2-5-11-22,23-12-6-3-7-13-23)28-15-9-8-14-24(28)26-20-30-27-17-16-21(19-29)18-25(26)27/h2-18,20H,1H3/q+1. The Morgan fingerprint density at radius 3 is 1.97 bits per heavy atom. The predicted molar refractivity (Wildman–Crippen MR) is 131 cm³/mol. The van der Waals surface area contributed by atoms with Crippen LogP contribution in [-0.2, 0) is 0 Å². The minimum atomic E-state index is -1.91. The summed E-state index contributed by atoms with van der Waals surface area (Å²) in [7, 11) is -1.91. The molecule has 0 unspecified atom stereocenters. The van der Waals surface area contributed by atoms with Gasteiger partial charge in [0.2, 0.25) is 0 Å². The van der Waals surface area contributed by atoms with E-state index in [0.29, 0.717) is 5.56 Å². The van der Waals surface area contributed by atoms with Crippen LogP contribution in [0.3, 0.4) is 0 Å². The van der Waals surface area contributed by atoms with Crippen LogP contribution in [-0.4, -0.2) is 6.66 Å². The van der Waals surface area contributed by atoms with Gasteiger partial charge in [0.15, 0.2) is 0 Å². The van der Waals surface area contributed by atoms with Crippen molar-refractivity contribution in [1.82, 2.24) is 0 Å². The molecule has 0 fully saturated rings.